The van der Waals surface area contributed by atoms with Crippen molar-refractivity contribution in [2.24, 2.45) is 5.41 Å². The molecule has 0 aliphatic carbocycles. The van der Waals surface area contributed by atoms with Gasteiger partial charge in [0.25, 0.3) is 0 Å². The predicted octanol–water partition coefficient (Wildman–Crippen LogP) is 2.27. The summed E-state index contributed by atoms with van der Waals surface area (Å²) in [6.07, 6.45) is 3.23. The first kappa shape index (κ1) is 13.0. The van der Waals surface area contributed by atoms with Gasteiger partial charge in [-0.25, -0.2) is 0 Å². The Bertz CT molecular complexity index is 420. The average Bonchev–Trinajstić information content (AvgIpc) is 2.29. The number of rotatable bonds is 5. The Morgan fingerprint density at radius 2 is 1.71 bits per heavy atom. The van der Waals surface area contributed by atoms with Crippen molar-refractivity contribution in [1.29, 1.82) is 0 Å². The average molecular weight is 234 g/mol. The largest absolute Gasteiger partial charge is 0.480 e. The number of allylic oxidation sites excluding steroid dienone is 1. The van der Waals surface area contributed by atoms with Gasteiger partial charge < -0.3 is 10.2 Å². The number of carboxylic acids is 2. The molecule has 0 bridgehead atoms. The fraction of sp³-hybridized carbons (Fsp3) is 0.231. The maximum absolute atomic E-state index is 10.9. The van der Waals surface area contributed by atoms with E-state index in [4.69, 9.17) is 10.2 Å². The summed E-state index contributed by atoms with van der Waals surface area (Å²) in [5.74, 6) is -2.66. The monoisotopic (exact) mass is 234 g/mol. The van der Waals surface area contributed by atoms with E-state index in [1.54, 1.807) is 12.2 Å². The first-order valence-electron chi connectivity index (χ1n) is 5.15. The van der Waals surface area contributed by atoms with E-state index in [9.17, 15) is 9.59 Å². The molecule has 0 saturated carbocycles. The molecule has 1 rings (SSSR count). The molecule has 0 atom stereocenters. The molecule has 4 nitrogen and oxygen atoms in total. The van der Waals surface area contributed by atoms with E-state index in [0.717, 1.165) is 5.56 Å². The van der Waals surface area contributed by atoms with Crippen LogP contribution in [0.1, 0.15) is 18.9 Å². The molecule has 17 heavy (non-hydrogen) atoms. The summed E-state index contributed by atoms with van der Waals surface area (Å²) < 4.78 is 0. The Labute approximate surface area is 99.2 Å². The minimum absolute atomic E-state index is 0.0490. The SMILES string of the molecule is CC(C/C=C/c1ccccc1)(C(=O)O)C(=O)O. The standard InChI is InChI=1S/C13H14O4/c1-13(11(14)15,12(16)17)9-5-8-10-6-3-2-4-7-10/h2-8H,9H2,1H3,(H,14,15)(H,16,17)/b8-5+. The quantitative estimate of drug-likeness (QED) is 0.766. The van der Waals surface area contributed by atoms with Gasteiger partial charge >= 0.3 is 11.9 Å². The van der Waals surface area contributed by atoms with Crippen molar-refractivity contribution in [3.05, 3.63) is 42.0 Å². The van der Waals surface area contributed by atoms with Crippen LogP contribution in [0.15, 0.2) is 36.4 Å². The molecule has 0 unspecified atom stereocenters. The van der Waals surface area contributed by atoms with Crippen LogP contribution in [-0.4, -0.2) is 22.2 Å². The van der Waals surface area contributed by atoms with Crippen molar-refractivity contribution in [3.63, 3.8) is 0 Å². The molecule has 0 aliphatic rings. The molecule has 0 spiro atoms. The fourth-order valence-corrected chi connectivity index (χ4v) is 1.26. The molecule has 0 fully saturated rings. The van der Waals surface area contributed by atoms with Crippen LogP contribution < -0.4 is 0 Å². The number of aliphatic carboxylic acids is 2. The number of carbonyl (C=O) groups is 2. The van der Waals surface area contributed by atoms with Gasteiger partial charge in [-0.3, -0.25) is 9.59 Å². The summed E-state index contributed by atoms with van der Waals surface area (Å²) >= 11 is 0. The summed E-state index contributed by atoms with van der Waals surface area (Å²) in [6.45, 7) is 1.20. The van der Waals surface area contributed by atoms with E-state index in [-0.39, 0.29) is 6.42 Å². The third-order valence-corrected chi connectivity index (χ3v) is 2.58. The number of hydrogen-bond acceptors (Lipinski definition) is 2. The number of carboxylic acid groups (broad SMARTS) is 2. The lowest BCUT2D eigenvalue weighted by Gasteiger charge is -2.16. The van der Waals surface area contributed by atoms with Crippen LogP contribution in [0.2, 0.25) is 0 Å². The molecule has 0 amide bonds. The van der Waals surface area contributed by atoms with Gasteiger partial charge in [0.05, 0.1) is 0 Å². The van der Waals surface area contributed by atoms with Crippen LogP contribution in [-0.2, 0) is 9.59 Å². The molecule has 0 aromatic heterocycles. The Kier molecular flexibility index (Phi) is 4.04. The zero-order chi connectivity index (χ0) is 12.9. The van der Waals surface area contributed by atoms with E-state index < -0.39 is 17.4 Å². The second kappa shape index (κ2) is 5.30. The molecule has 90 valence electrons. The highest BCUT2D eigenvalue weighted by Gasteiger charge is 2.40. The second-order valence-electron chi connectivity index (χ2n) is 3.96. The first-order chi connectivity index (χ1) is 7.97. The highest BCUT2D eigenvalue weighted by atomic mass is 16.4. The maximum Gasteiger partial charge on any atom is 0.321 e. The highest BCUT2D eigenvalue weighted by Crippen LogP contribution is 2.23. The lowest BCUT2D eigenvalue weighted by molar-refractivity contribution is -0.162. The van der Waals surface area contributed by atoms with Gasteiger partial charge in [0.1, 0.15) is 0 Å². The van der Waals surface area contributed by atoms with Crippen molar-refractivity contribution < 1.29 is 19.8 Å². The predicted molar refractivity (Wildman–Crippen MR) is 63.5 cm³/mol. The fourth-order valence-electron chi connectivity index (χ4n) is 1.26. The third-order valence-electron chi connectivity index (χ3n) is 2.58. The summed E-state index contributed by atoms with van der Waals surface area (Å²) in [5, 5.41) is 17.8. The molecule has 0 aliphatic heterocycles. The van der Waals surface area contributed by atoms with Gasteiger partial charge in [-0.1, -0.05) is 42.5 Å². The van der Waals surface area contributed by atoms with E-state index >= 15 is 0 Å². The molecular weight excluding hydrogens is 220 g/mol. The van der Waals surface area contributed by atoms with Crippen LogP contribution in [0.3, 0.4) is 0 Å². The van der Waals surface area contributed by atoms with E-state index in [1.165, 1.54) is 6.92 Å². The molecule has 0 saturated heterocycles. The van der Waals surface area contributed by atoms with Gasteiger partial charge in [0.15, 0.2) is 5.41 Å². The van der Waals surface area contributed by atoms with E-state index in [2.05, 4.69) is 0 Å². The number of hydrogen-bond donors (Lipinski definition) is 2. The lowest BCUT2D eigenvalue weighted by atomic mass is 9.87. The van der Waals surface area contributed by atoms with E-state index in [0.29, 0.717) is 0 Å². The van der Waals surface area contributed by atoms with Crippen molar-refractivity contribution in [3.8, 4) is 0 Å². The van der Waals surface area contributed by atoms with Gasteiger partial charge in [-0.15, -0.1) is 0 Å². The van der Waals surface area contributed by atoms with E-state index in [1.807, 2.05) is 30.3 Å². The van der Waals surface area contributed by atoms with Crippen LogP contribution in [0.5, 0.6) is 0 Å². The van der Waals surface area contributed by atoms with Crippen molar-refractivity contribution in [1.82, 2.24) is 0 Å². The van der Waals surface area contributed by atoms with Gasteiger partial charge in [0, 0.05) is 0 Å². The molecule has 1 aromatic carbocycles. The van der Waals surface area contributed by atoms with Crippen molar-refractivity contribution >= 4 is 18.0 Å². The van der Waals surface area contributed by atoms with Gasteiger partial charge in [-0.2, -0.15) is 0 Å². The summed E-state index contributed by atoms with van der Waals surface area (Å²) in [6, 6.07) is 9.29. The Morgan fingerprint density at radius 1 is 1.18 bits per heavy atom. The van der Waals surface area contributed by atoms with Crippen LogP contribution in [0.25, 0.3) is 6.08 Å². The molecular formula is C13H14O4. The minimum Gasteiger partial charge on any atom is -0.480 e. The summed E-state index contributed by atoms with van der Waals surface area (Å²) in [5.41, 5.74) is -0.865. The minimum atomic E-state index is -1.77. The number of benzene rings is 1. The van der Waals surface area contributed by atoms with Crippen molar-refractivity contribution in [2.45, 2.75) is 13.3 Å². The zero-order valence-corrected chi connectivity index (χ0v) is 9.46. The molecule has 0 heterocycles. The zero-order valence-electron chi connectivity index (χ0n) is 9.46. The maximum atomic E-state index is 10.9. The van der Waals surface area contributed by atoms with Gasteiger partial charge in [-0.05, 0) is 18.9 Å². The molecule has 1 aromatic rings. The second-order valence-corrected chi connectivity index (χ2v) is 3.96. The van der Waals surface area contributed by atoms with Crippen LogP contribution in [0, 0.1) is 5.41 Å². The third kappa shape index (κ3) is 3.17. The Balaban J connectivity index is 2.75. The first-order valence-corrected chi connectivity index (χ1v) is 5.15. The van der Waals surface area contributed by atoms with Gasteiger partial charge in [0.2, 0.25) is 0 Å². The molecule has 0 radical (unpaired) electrons. The normalized spacial score (nSPS) is 11.6. The van der Waals surface area contributed by atoms with Crippen molar-refractivity contribution in [2.75, 3.05) is 0 Å². The molecule has 4 heteroatoms. The van der Waals surface area contributed by atoms with Crippen LogP contribution >= 0.6 is 0 Å². The smallest absolute Gasteiger partial charge is 0.321 e. The summed E-state index contributed by atoms with van der Waals surface area (Å²) in [7, 11) is 0. The topological polar surface area (TPSA) is 74.6 Å². The van der Waals surface area contributed by atoms with Crippen LogP contribution in [0.4, 0.5) is 0 Å². The lowest BCUT2D eigenvalue weighted by Crippen LogP contribution is -2.35. The Hall–Kier alpha value is -2.10. The Morgan fingerprint density at radius 3 is 2.18 bits per heavy atom. The summed E-state index contributed by atoms with van der Waals surface area (Å²) in [4.78, 5) is 21.8. The molecule has 2 N–H and O–H groups in total. The highest BCUT2D eigenvalue weighted by molar-refractivity contribution is 5.97.